The molecule has 0 spiro atoms. The van der Waals surface area contributed by atoms with Gasteiger partial charge in [-0.05, 0) is 174 Å². The predicted molar refractivity (Wildman–Crippen MR) is 475 cm³/mol. The van der Waals surface area contributed by atoms with Crippen LogP contribution in [0, 0.1) is 23.7 Å². The van der Waals surface area contributed by atoms with E-state index in [-0.39, 0.29) is 85.7 Å². The maximum Gasteiger partial charge on any atom is 2.00 e. The van der Waals surface area contributed by atoms with Gasteiger partial charge in [0.05, 0.1) is 45.5 Å². The molecule has 4 saturated carbocycles. The molecule has 13 heteroatoms. The maximum absolute atomic E-state index is 15.4. The number of hydrogen-bond donors (Lipinski definition) is 4. The molecule has 2 aliphatic heterocycles. The van der Waals surface area contributed by atoms with Crippen molar-refractivity contribution in [2.45, 2.75) is 180 Å². The van der Waals surface area contributed by atoms with Gasteiger partial charge in [0.15, 0.2) is 0 Å². The summed E-state index contributed by atoms with van der Waals surface area (Å²) in [6.07, 6.45) is 10.8. The van der Waals surface area contributed by atoms with Gasteiger partial charge in [-0.1, -0.05) is 305 Å². The topological polar surface area (TPSA) is 170 Å². The average molecular weight is 1590 g/mol. The van der Waals surface area contributed by atoms with Crippen LogP contribution in [0.1, 0.15) is 204 Å². The van der Waals surface area contributed by atoms with E-state index in [9.17, 15) is 0 Å². The number of rotatable bonds is 16. The normalized spacial score (nSPS) is 21.7. The number of hydrogen-bond acceptors (Lipinski definition) is 6. The fraction of sp³-hybridized carbons (Fsp3) is 0.308. The van der Waals surface area contributed by atoms with E-state index in [1.165, 1.54) is 0 Å². The maximum atomic E-state index is 15.4. The number of benzene rings is 8. The Bertz CT molecular complexity index is 5470. The van der Waals surface area contributed by atoms with Crippen LogP contribution in [0.5, 0.6) is 0 Å². The van der Waals surface area contributed by atoms with Crippen molar-refractivity contribution in [1.82, 2.24) is 19.9 Å². The molecule has 4 aliphatic carbocycles. The monoisotopic (exact) mass is 1590 g/mol. The average Bonchev–Trinajstić information content (AvgIpc) is 1.60. The third kappa shape index (κ3) is 14.9. The van der Waals surface area contributed by atoms with E-state index in [4.69, 9.17) is 19.9 Å². The summed E-state index contributed by atoms with van der Waals surface area (Å²) in [5.41, 5.74) is 18.2. The first-order valence-corrected chi connectivity index (χ1v) is 41.2. The van der Waals surface area contributed by atoms with E-state index in [0.717, 1.165) is 66.8 Å². The van der Waals surface area contributed by atoms with Crippen molar-refractivity contribution >= 4 is 92.7 Å². The number of amides is 4. The summed E-state index contributed by atoms with van der Waals surface area (Å²) in [5, 5.41) is 14.0. The Balaban J connectivity index is 0.0000102. The van der Waals surface area contributed by atoms with Crippen molar-refractivity contribution in [2.75, 3.05) is 21.3 Å². The Morgan fingerprint density at radius 3 is 0.752 bits per heavy atom. The number of nitrogens with zero attached hydrogens (tertiary/aromatic N) is 4. The van der Waals surface area contributed by atoms with E-state index in [1.54, 1.807) is 0 Å². The summed E-state index contributed by atoms with van der Waals surface area (Å²) in [4.78, 5) is 85.4. The summed E-state index contributed by atoms with van der Waals surface area (Å²) in [5.74, 6) is -1.94. The van der Waals surface area contributed by atoms with Crippen LogP contribution in [0.4, 0.5) is 22.7 Å². The Morgan fingerprint density at radius 2 is 0.521 bits per heavy atom. The SMILES string of the molecule is CC(C)(C)c1cc(-c2c3nc(c(-c4c(NC(=O)[C@@H]5C[C@@]5(C)c5ccccc5)cccc4NC(=O)[C@@H]4C[C@@]4(C)c4ccccc4)c4ccc([n-]4)c(-c4cc(C(C)(C)C)cc(C(C)(C)C)c4)c4nc(c(-c5c(NC(=O)[C@@H]6C[C@@]6(C)c6ccccc6)cccc5NC(=O)[C@@H]5C[C@@]5(C)c5ccccc5)c5ccc2[n-]5)C=C4)C=C3)cc(C(C)(C)C)c1.[Co+2]. The molecular formula is C104H104CoN8O4. The third-order valence-electron chi connectivity index (χ3n) is 26.1. The smallest absolute Gasteiger partial charge is 0.657 e. The minimum Gasteiger partial charge on any atom is -0.657 e. The number of anilines is 4. The van der Waals surface area contributed by atoms with Gasteiger partial charge in [0.25, 0.3) is 0 Å². The molecule has 0 unspecified atom stereocenters. The first kappa shape index (κ1) is 79.6. The molecule has 0 saturated heterocycles. The zero-order valence-corrected chi connectivity index (χ0v) is 71.0. The Morgan fingerprint density at radius 1 is 0.299 bits per heavy atom. The van der Waals surface area contributed by atoms with Crippen LogP contribution in [0.2, 0.25) is 0 Å². The van der Waals surface area contributed by atoms with Crippen molar-refractivity contribution in [3.63, 3.8) is 0 Å². The number of carbonyl (C=O) groups is 4. The van der Waals surface area contributed by atoms with Gasteiger partial charge in [-0.3, -0.25) is 19.2 Å². The largest absolute Gasteiger partial charge is 2.00 e. The Hall–Kier alpha value is -11.3. The number of carbonyl (C=O) groups excluding carboxylic acids is 4. The molecule has 8 aromatic carbocycles. The van der Waals surface area contributed by atoms with Crippen molar-refractivity contribution in [3.8, 4) is 44.5 Å². The van der Waals surface area contributed by atoms with Crippen LogP contribution in [0.15, 0.2) is 218 Å². The van der Waals surface area contributed by atoms with Crippen LogP contribution in [0.3, 0.4) is 0 Å². The summed E-state index contributed by atoms with van der Waals surface area (Å²) in [6, 6.07) is 74.6. The first-order valence-electron chi connectivity index (χ1n) is 41.2. The minimum absolute atomic E-state index is 0. The van der Waals surface area contributed by atoms with Crippen LogP contribution < -0.4 is 31.2 Å². The molecule has 4 amide bonds. The standard InChI is InChI=1S/C104H106N8O4.Co/c1-97(2,3)67-51-61(52-68(55-67)98(4,5)6)87-79-43-47-83(105-79)91(89-75(109-93(113)71-57-101(71,13)63-31-21-17-22-32-63)39-29-40-76(89)110-94(114)72-58-102(72,14)64-33-23-18-24-34-64)85-49-45-81(107-85)88(62-53-69(99(7,8)9)56-70(54-62)100(10,11)12)82-46-50-86(108-82)92(84-48-44-80(87)106-84)90-77(111-95(115)73-59-103(73,15)65-35-25-19-26-36-65)41-30-42-78(90)112-96(116)74-60-104(74,16)66-37-27-20-28-38-66;/h17-56,71-74H,57-60H2,1-16H3,(H6,105,106,107,108,109,110,111,112,113,114,115,116);/q;+2/p-2/t71-,72-,73-,74-,101-,102-,103-,104-;/m0./s1. The van der Waals surface area contributed by atoms with E-state index >= 15 is 19.2 Å². The molecule has 17 rings (SSSR count). The quantitative estimate of drug-likeness (QED) is 0.0741. The van der Waals surface area contributed by atoms with Crippen LogP contribution in [-0.4, -0.2) is 33.6 Å². The van der Waals surface area contributed by atoms with Gasteiger partial charge in [0.1, 0.15) is 0 Å². The van der Waals surface area contributed by atoms with Crippen molar-refractivity contribution in [3.05, 3.63) is 286 Å². The second-order valence-electron chi connectivity index (χ2n) is 38.5. The van der Waals surface area contributed by atoms with Gasteiger partial charge in [-0.2, -0.15) is 0 Å². The molecule has 5 heterocycles. The summed E-state index contributed by atoms with van der Waals surface area (Å²) in [7, 11) is 0. The fourth-order valence-electron chi connectivity index (χ4n) is 17.9. The van der Waals surface area contributed by atoms with Gasteiger partial charge in [0, 0.05) is 56.5 Å². The van der Waals surface area contributed by atoms with Crippen LogP contribution in [0.25, 0.3) is 90.9 Å². The van der Waals surface area contributed by atoms with Gasteiger partial charge in [-0.25, -0.2) is 9.97 Å². The molecule has 8 atom stereocenters. The van der Waals surface area contributed by atoms with E-state index in [0.29, 0.717) is 116 Å². The second kappa shape index (κ2) is 29.1. The predicted octanol–water partition coefficient (Wildman–Crippen LogP) is 23.4. The second-order valence-corrected chi connectivity index (χ2v) is 38.5. The molecular weight excluding hydrogens is 1480 g/mol. The van der Waals surface area contributed by atoms with Gasteiger partial charge in [0.2, 0.25) is 23.6 Å². The van der Waals surface area contributed by atoms with Crippen LogP contribution in [-0.2, 0) is 79.3 Å². The molecule has 4 fully saturated rings. The van der Waals surface area contributed by atoms with E-state index < -0.39 is 21.7 Å². The first-order chi connectivity index (χ1) is 55.1. The zero-order chi connectivity index (χ0) is 81.6. The van der Waals surface area contributed by atoms with E-state index in [1.807, 2.05) is 133 Å². The summed E-state index contributed by atoms with van der Waals surface area (Å²) >= 11 is 0. The molecule has 593 valence electrons. The van der Waals surface area contributed by atoms with E-state index in [2.05, 4.69) is 241 Å². The Labute approximate surface area is 699 Å². The van der Waals surface area contributed by atoms with Gasteiger partial charge in [-0.15, -0.1) is 22.1 Å². The number of nitrogens with one attached hydrogen (secondary N) is 4. The molecule has 1 radical (unpaired) electrons. The van der Waals surface area contributed by atoms with Crippen molar-refractivity contribution < 1.29 is 36.0 Å². The molecule has 4 N–H and O–H groups in total. The van der Waals surface area contributed by atoms with Gasteiger partial charge < -0.3 is 31.2 Å². The van der Waals surface area contributed by atoms with Crippen molar-refractivity contribution in [2.24, 2.45) is 23.7 Å². The molecule has 117 heavy (non-hydrogen) atoms. The van der Waals surface area contributed by atoms with Gasteiger partial charge >= 0.3 is 16.8 Å². The minimum atomic E-state index is -0.403. The zero-order valence-electron chi connectivity index (χ0n) is 70.0. The third-order valence-corrected chi connectivity index (χ3v) is 26.1. The van der Waals surface area contributed by atoms with Crippen molar-refractivity contribution in [1.29, 1.82) is 0 Å². The fourth-order valence-corrected chi connectivity index (χ4v) is 17.9. The summed E-state index contributed by atoms with van der Waals surface area (Å²) in [6.45, 7) is 35.5. The van der Waals surface area contributed by atoms with Crippen LogP contribution >= 0.6 is 0 Å². The number of aromatic nitrogens is 4. The molecule has 3 aromatic heterocycles. The number of fused-ring (bicyclic) bond motifs is 8. The molecule has 11 aromatic rings. The molecule has 8 bridgehead atoms. The molecule has 12 nitrogen and oxygen atoms in total. The Kier molecular flexibility index (Phi) is 19.8. The molecule has 6 aliphatic rings. The summed E-state index contributed by atoms with van der Waals surface area (Å²) < 4.78 is 0.